The first-order chi connectivity index (χ1) is 17.5. The summed E-state index contributed by atoms with van der Waals surface area (Å²) in [4.78, 5) is 27.2. The van der Waals surface area contributed by atoms with Crippen LogP contribution in [0.5, 0.6) is 0 Å². The zero-order valence-electron chi connectivity index (χ0n) is 20.6. The van der Waals surface area contributed by atoms with Crippen molar-refractivity contribution in [3.8, 4) is 11.3 Å². The molecule has 2 bridgehead atoms. The third-order valence-electron chi connectivity index (χ3n) is 7.64. The van der Waals surface area contributed by atoms with E-state index in [0.717, 1.165) is 54.2 Å². The maximum Gasteiger partial charge on any atom is 0.257 e. The monoisotopic (exact) mass is 483 g/mol. The Kier molecular flexibility index (Phi) is 5.80. The molecule has 0 N–H and O–H groups in total. The van der Waals surface area contributed by atoms with Crippen molar-refractivity contribution in [2.24, 2.45) is 0 Å². The second kappa shape index (κ2) is 9.13. The standard InChI is InChI=1S/C29H30FN5O/c1-19(2)25-13-10-20(15-31-25)28-26(34-14-6-5-9-27(34)32-28)18-33-16-22-12-11-21(33)17-35(22)29(36)23-7-3-4-8-24(23)30/h3-10,13-15,19,21-22H,11-12,16-18H2,1-2H3. The van der Waals surface area contributed by atoms with Crippen LogP contribution in [0, 0.1) is 5.82 Å². The molecule has 3 fully saturated rings. The molecule has 6 nitrogen and oxygen atoms in total. The first-order valence-electron chi connectivity index (χ1n) is 12.7. The summed E-state index contributed by atoms with van der Waals surface area (Å²) >= 11 is 0. The van der Waals surface area contributed by atoms with Crippen LogP contribution in [-0.4, -0.2) is 55.2 Å². The molecule has 1 aromatic carbocycles. The number of pyridine rings is 2. The van der Waals surface area contributed by atoms with Gasteiger partial charge in [0, 0.05) is 55.4 Å². The second-order valence-corrected chi connectivity index (χ2v) is 10.2. The second-order valence-electron chi connectivity index (χ2n) is 10.2. The molecule has 3 aliphatic rings. The number of rotatable bonds is 5. The zero-order valence-corrected chi connectivity index (χ0v) is 20.6. The lowest BCUT2D eigenvalue weighted by Gasteiger charge is -2.51. The van der Waals surface area contributed by atoms with Crippen molar-refractivity contribution in [2.45, 2.75) is 51.2 Å². The van der Waals surface area contributed by atoms with Gasteiger partial charge in [0.15, 0.2) is 0 Å². The molecule has 7 rings (SSSR count). The predicted octanol–water partition coefficient (Wildman–Crippen LogP) is 5.15. The summed E-state index contributed by atoms with van der Waals surface area (Å²) in [6.07, 6.45) is 5.97. The van der Waals surface area contributed by atoms with Gasteiger partial charge in [-0.25, -0.2) is 9.37 Å². The van der Waals surface area contributed by atoms with Crippen LogP contribution in [-0.2, 0) is 6.54 Å². The Morgan fingerprint density at radius 1 is 1.03 bits per heavy atom. The summed E-state index contributed by atoms with van der Waals surface area (Å²) in [5.74, 6) is -0.277. The van der Waals surface area contributed by atoms with Crippen LogP contribution in [0.15, 0.2) is 67.0 Å². The van der Waals surface area contributed by atoms with Gasteiger partial charge in [0.05, 0.1) is 17.0 Å². The number of benzene rings is 1. The molecule has 6 heterocycles. The van der Waals surface area contributed by atoms with E-state index in [0.29, 0.717) is 12.5 Å². The third-order valence-corrected chi connectivity index (χ3v) is 7.64. The number of aromatic nitrogens is 3. The van der Waals surface area contributed by atoms with Crippen LogP contribution < -0.4 is 0 Å². The van der Waals surface area contributed by atoms with Gasteiger partial charge in [0.1, 0.15) is 11.5 Å². The number of amides is 1. The lowest BCUT2D eigenvalue weighted by molar-refractivity contribution is -0.0161. The highest BCUT2D eigenvalue weighted by Gasteiger charge is 2.42. The van der Waals surface area contributed by atoms with Crippen LogP contribution in [0.25, 0.3) is 16.9 Å². The van der Waals surface area contributed by atoms with Crippen LogP contribution in [0.4, 0.5) is 4.39 Å². The van der Waals surface area contributed by atoms with Crippen molar-refractivity contribution in [3.05, 3.63) is 89.8 Å². The molecule has 7 heteroatoms. The molecule has 2 unspecified atom stereocenters. The normalized spacial score (nSPS) is 19.9. The van der Waals surface area contributed by atoms with Crippen LogP contribution in [0.2, 0.25) is 0 Å². The van der Waals surface area contributed by atoms with Gasteiger partial charge in [-0.05, 0) is 55.2 Å². The highest BCUT2D eigenvalue weighted by Crippen LogP contribution is 2.34. The Bertz CT molecular complexity index is 1410. The summed E-state index contributed by atoms with van der Waals surface area (Å²) in [5.41, 5.74) is 5.23. The molecule has 184 valence electrons. The Hall–Kier alpha value is -3.58. The van der Waals surface area contributed by atoms with Gasteiger partial charge in [-0.3, -0.25) is 14.7 Å². The first-order valence-corrected chi connectivity index (χ1v) is 12.7. The summed E-state index contributed by atoms with van der Waals surface area (Å²) < 4.78 is 16.5. The van der Waals surface area contributed by atoms with E-state index < -0.39 is 5.82 Å². The van der Waals surface area contributed by atoms with Gasteiger partial charge < -0.3 is 9.30 Å². The quantitative estimate of drug-likeness (QED) is 0.394. The number of halogens is 1. The fraction of sp³-hybridized carbons (Fsp3) is 0.345. The number of fused-ring (bicyclic) bond motifs is 4. The number of carbonyl (C=O) groups is 1. The van der Waals surface area contributed by atoms with Crippen molar-refractivity contribution >= 4 is 11.6 Å². The molecule has 0 radical (unpaired) electrons. The van der Waals surface area contributed by atoms with Crippen molar-refractivity contribution in [1.29, 1.82) is 0 Å². The molecule has 0 aliphatic carbocycles. The first kappa shape index (κ1) is 22.9. The minimum absolute atomic E-state index is 0.0803. The third kappa shape index (κ3) is 3.97. The summed E-state index contributed by atoms with van der Waals surface area (Å²) in [6, 6.07) is 16.9. The Morgan fingerprint density at radius 2 is 1.83 bits per heavy atom. The Morgan fingerprint density at radius 3 is 2.56 bits per heavy atom. The van der Waals surface area contributed by atoms with E-state index in [9.17, 15) is 9.18 Å². The Balaban J connectivity index is 1.28. The summed E-state index contributed by atoms with van der Waals surface area (Å²) in [5, 5.41) is 0. The number of nitrogens with zero attached hydrogens (tertiary/aromatic N) is 5. The van der Waals surface area contributed by atoms with Crippen LogP contribution in [0.3, 0.4) is 0 Å². The fourth-order valence-corrected chi connectivity index (χ4v) is 5.66. The lowest BCUT2D eigenvalue weighted by Crippen LogP contribution is -2.63. The SMILES string of the molecule is CC(C)c1ccc(-c2nc3ccccn3c2CN2CC3CCC2CN3C(=O)c2ccccc2F)cn1. The highest BCUT2D eigenvalue weighted by atomic mass is 19.1. The molecule has 4 aromatic rings. The van der Waals surface area contributed by atoms with Gasteiger partial charge in [0.25, 0.3) is 5.91 Å². The number of imidazole rings is 1. The van der Waals surface area contributed by atoms with E-state index in [1.807, 2.05) is 29.3 Å². The molecule has 36 heavy (non-hydrogen) atoms. The molecule has 1 amide bonds. The van der Waals surface area contributed by atoms with Crippen molar-refractivity contribution in [2.75, 3.05) is 13.1 Å². The van der Waals surface area contributed by atoms with Crippen LogP contribution in [0.1, 0.15) is 54.4 Å². The molecule has 3 aliphatic heterocycles. The molecule has 2 atom stereocenters. The maximum atomic E-state index is 14.3. The molecule has 3 saturated heterocycles. The average Bonchev–Trinajstić information content (AvgIpc) is 3.27. The Labute approximate surface area is 210 Å². The predicted molar refractivity (Wildman–Crippen MR) is 137 cm³/mol. The fourth-order valence-electron chi connectivity index (χ4n) is 5.66. The summed E-state index contributed by atoms with van der Waals surface area (Å²) in [7, 11) is 0. The van der Waals surface area contributed by atoms with E-state index in [4.69, 9.17) is 4.98 Å². The van der Waals surface area contributed by atoms with Gasteiger partial charge in [-0.1, -0.05) is 32.0 Å². The average molecular weight is 484 g/mol. The number of hydrogen-bond donors (Lipinski definition) is 0. The number of carbonyl (C=O) groups excluding carboxylic acids is 1. The van der Waals surface area contributed by atoms with E-state index in [-0.39, 0.29) is 23.6 Å². The van der Waals surface area contributed by atoms with E-state index in [1.165, 1.54) is 6.07 Å². The number of piperidine rings is 2. The van der Waals surface area contributed by atoms with Gasteiger partial charge >= 0.3 is 0 Å². The molecule has 0 saturated carbocycles. The minimum atomic E-state index is -0.451. The summed E-state index contributed by atoms with van der Waals surface area (Å²) in [6.45, 7) is 6.41. The molecule has 0 spiro atoms. The molecular formula is C29H30FN5O. The zero-order chi connectivity index (χ0) is 24.8. The van der Waals surface area contributed by atoms with E-state index in [2.05, 4.69) is 46.5 Å². The molecular weight excluding hydrogens is 453 g/mol. The smallest absolute Gasteiger partial charge is 0.257 e. The van der Waals surface area contributed by atoms with E-state index >= 15 is 0 Å². The lowest BCUT2D eigenvalue weighted by atomic mass is 9.89. The topological polar surface area (TPSA) is 53.7 Å². The van der Waals surface area contributed by atoms with Crippen molar-refractivity contribution in [3.63, 3.8) is 0 Å². The number of piperazine rings is 1. The largest absolute Gasteiger partial charge is 0.333 e. The number of hydrogen-bond acceptors (Lipinski definition) is 4. The van der Waals surface area contributed by atoms with E-state index in [1.54, 1.807) is 18.2 Å². The van der Waals surface area contributed by atoms with Gasteiger partial charge in [-0.2, -0.15) is 0 Å². The van der Waals surface area contributed by atoms with Gasteiger partial charge in [-0.15, -0.1) is 0 Å². The minimum Gasteiger partial charge on any atom is -0.333 e. The highest BCUT2D eigenvalue weighted by molar-refractivity contribution is 5.95. The van der Waals surface area contributed by atoms with Crippen LogP contribution >= 0.6 is 0 Å². The maximum absolute atomic E-state index is 14.3. The van der Waals surface area contributed by atoms with Crippen molar-refractivity contribution in [1.82, 2.24) is 24.2 Å². The molecule has 3 aromatic heterocycles. The van der Waals surface area contributed by atoms with Gasteiger partial charge in [0.2, 0.25) is 0 Å². The van der Waals surface area contributed by atoms with Crippen molar-refractivity contribution < 1.29 is 9.18 Å².